The number of aromatic amines is 1. The minimum absolute atomic E-state index is 0.148. The maximum atomic E-state index is 12.6. The number of nitrogens with one attached hydrogen (secondary N) is 1. The molecule has 1 N–H and O–H groups in total. The molecule has 0 unspecified atom stereocenters. The number of hydrogen-bond acceptors (Lipinski definition) is 5. The third kappa shape index (κ3) is 3.12. The van der Waals surface area contributed by atoms with Crippen LogP contribution in [0.25, 0.3) is 16.3 Å². The molecule has 0 saturated heterocycles. The highest BCUT2D eigenvalue weighted by Gasteiger charge is 2.11. The van der Waals surface area contributed by atoms with E-state index >= 15 is 0 Å². The van der Waals surface area contributed by atoms with Crippen molar-refractivity contribution in [3.8, 4) is 16.3 Å². The molecule has 2 aromatic heterocycles. The van der Waals surface area contributed by atoms with Gasteiger partial charge in [-0.2, -0.15) is 0 Å². The second-order valence-corrected chi connectivity index (χ2v) is 6.60. The van der Waals surface area contributed by atoms with Gasteiger partial charge in [0.25, 0.3) is 5.56 Å². The predicted octanol–water partition coefficient (Wildman–Crippen LogP) is 3.74. The van der Waals surface area contributed by atoms with Crippen molar-refractivity contribution in [1.29, 1.82) is 0 Å². The molecule has 4 rings (SSSR count). The molecule has 0 bridgehead atoms. The molecule has 0 aliphatic carbocycles. The molecule has 0 aliphatic heterocycles. The number of aromatic nitrogens is 4. The highest BCUT2D eigenvalue weighted by molar-refractivity contribution is 7.18. The van der Waals surface area contributed by atoms with E-state index in [1.165, 1.54) is 16.0 Å². The first kappa shape index (κ1) is 16.2. The van der Waals surface area contributed by atoms with Crippen molar-refractivity contribution in [1.82, 2.24) is 20.0 Å². The normalized spacial score (nSPS) is 11.3. The smallest absolute Gasteiger partial charge is 0.280 e. The molecular formula is C19H15N5OS. The summed E-state index contributed by atoms with van der Waals surface area (Å²) in [7, 11) is 0. The number of aryl methyl sites for hydroxylation is 1. The van der Waals surface area contributed by atoms with Gasteiger partial charge < -0.3 is 0 Å². The Kier molecular flexibility index (Phi) is 4.28. The van der Waals surface area contributed by atoms with Crippen molar-refractivity contribution >= 4 is 22.7 Å². The molecule has 0 radical (unpaired) electrons. The van der Waals surface area contributed by atoms with Gasteiger partial charge in [-0.1, -0.05) is 59.9 Å². The van der Waals surface area contributed by atoms with Crippen LogP contribution in [0, 0.1) is 6.92 Å². The van der Waals surface area contributed by atoms with E-state index in [0.717, 1.165) is 22.0 Å². The number of benzene rings is 2. The Bertz CT molecular complexity index is 1110. The Morgan fingerprint density at radius 3 is 2.46 bits per heavy atom. The minimum atomic E-state index is -0.148. The molecule has 4 aromatic rings. The van der Waals surface area contributed by atoms with Crippen molar-refractivity contribution in [3.05, 3.63) is 82.3 Å². The van der Waals surface area contributed by atoms with Gasteiger partial charge in [0.1, 0.15) is 5.01 Å². The lowest BCUT2D eigenvalue weighted by Crippen LogP contribution is -2.17. The maximum absolute atomic E-state index is 12.6. The monoisotopic (exact) mass is 361 g/mol. The maximum Gasteiger partial charge on any atom is 0.280 e. The van der Waals surface area contributed by atoms with E-state index in [9.17, 15) is 4.79 Å². The molecule has 0 saturated carbocycles. The summed E-state index contributed by atoms with van der Waals surface area (Å²) < 4.78 is 1.51. The zero-order valence-corrected chi connectivity index (χ0v) is 14.8. The third-order valence-corrected chi connectivity index (χ3v) is 4.75. The van der Waals surface area contributed by atoms with E-state index in [1.54, 1.807) is 6.21 Å². The predicted molar refractivity (Wildman–Crippen MR) is 104 cm³/mol. The fourth-order valence-electron chi connectivity index (χ4n) is 2.56. The first-order chi connectivity index (χ1) is 12.7. The van der Waals surface area contributed by atoms with Crippen LogP contribution in [0.1, 0.15) is 11.3 Å². The number of rotatable bonds is 4. The zero-order chi connectivity index (χ0) is 17.9. The first-order valence-electron chi connectivity index (χ1n) is 8.02. The molecule has 0 fully saturated rings. The molecule has 0 atom stereocenters. The standard InChI is InChI=1S/C19H15N5OS/c1-13-16(18(25)24(23-13)15-10-6-3-7-11-15)12-20-19-22-21-17(26-19)14-8-4-2-5-9-14/h2-12,23H,1H3. The van der Waals surface area contributed by atoms with Gasteiger partial charge in [0.2, 0.25) is 5.13 Å². The lowest BCUT2D eigenvalue weighted by Gasteiger charge is -1.99. The van der Waals surface area contributed by atoms with Crippen molar-refractivity contribution in [2.75, 3.05) is 0 Å². The summed E-state index contributed by atoms with van der Waals surface area (Å²) in [6.07, 6.45) is 1.54. The lowest BCUT2D eigenvalue weighted by molar-refractivity contribution is 0.835. The summed E-state index contributed by atoms with van der Waals surface area (Å²) in [5.74, 6) is 0. The van der Waals surface area contributed by atoms with Gasteiger partial charge in [-0.3, -0.25) is 9.89 Å². The average Bonchev–Trinajstić information content (AvgIpc) is 3.26. The van der Waals surface area contributed by atoms with Gasteiger partial charge in [0.15, 0.2) is 0 Å². The summed E-state index contributed by atoms with van der Waals surface area (Å²) >= 11 is 1.38. The highest BCUT2D eigenvalue weighted by Crippen LogP contribution is 2.27. The molecule has 26 heavy (non-hydrogen) atoms. The summed E-state index contributed by atoms with van der Waals surface area (Å²) in [6.45, 7) is 1.84. The van der Waals surface area contributed by atoms with Crippen LogP contribution in [0.2, 0.25) is 0 Å². The molecule has 0 aliphatic rings. The van der Waals surface area contributed by atoms with Crippen molar-refractivity contribution in [2.45, 2.75) is 6.92 Å². The van der Waals surface area contributed by atoms with Crippen LogP contribution in [0.3, 0.4) is 0 Å². The number of aliphatic imine (C=N–C) groups is 1. The second kappa shape index (κ2) is 6.89. The van der Waals surface area contributed by atoms with E-state index in [0.29, 0.717) is 10.7 Å². The minimum Gasteiger partial charge on any atom is -0.295 e. The number of H-pyrrole nitrogens is 1. The van der Waals surface area contributed by atoms with Crippen molar-refractivity contribution in [2.24, 2.45) is 4.99 Å². The molecule has 2 aromatic carbocycles. The molecular weight excluding hydrogens is 346 g/mol. The van der Waals surface area contributed by atoms with E-state index < -0.39 is 0 Å². The van der Waals surface area contributed by atoms with E-state index in [1.807, 2.05) is 67.6 Å². The van der Waals surface area contributed by atoms with Gasteiger partial charge >= 0.3 is 0 Å². The van der Waals surface area contributed by atoms with Gasteiger partial charge in [-0.25, -0.2) is 9.67 Å². The fraction of sp³-hybridized carbons (Fsp3) is 0.0526. The Morgan fingerprint density at radius 1 is 1.04 bits per heavy atom. The van der Waals surface area contributed by atoms with Gasteiger partial charge in [-0.15, -0.1) is 10.2 Å². The quantitative estimate of drug-likeness (QED) is 0.563. The van der Waals surface area contributed by atoms with Gasteiger partial charge in [-0.05, 0) is 19.1 Å². The molecule has 6 nitrogen and oxygen atoms in total. The summed E-state index contributed by atoms with van der Waals surface area (Å²) in [4.78, 5) is 17.0. The summed E-state index contributed by atoms with van der Waals surface area (Å²) in [6, 6.07) is 19.2. The van der Waals surface area contributed by atoms with Crippen LogP contribution in [-0.2, 0) is 0 Å². The van der Waals surface area contributed by atoms with Crippen molar-refractivity contribution < 1.29 is 0 Å². The highest BCUT2D eigenvalue weighted by atomic mass is 32.1. The Hall–Kier alpha value is -3.32. The van der Waals surface area contributed by atoms with E-state index in [2.05, 4.69) is 20.3 Å². The van der Waals surface area contributed by atoms with Crippen molar-refractivity contribution in [3.63, 3.8) is 0 Å². The number of nitrogens with zero attached hydrogens (tertiary/aromatic N) is 4. The van der Waals surface area contributed by atoms with Gasteiger partial charge in [0, 0.05) is 17.5 Å². The lowest BCUT2D eigenvalue weighted by atomic mass is 10.2. The van der Waals surface area contributed by atoms with Crippen LogP contribution < -0.4 is 5.56 Å². The van der Waals surface area contributed by atoms with E-state index in [4.69, 9.17) is 0 Å². The van der Waals surface area contributed by atoms with Gasteiger partial charge in [0.05, 0.1) is 11.3 Å². The Morgan fingerprint density at radius 2 is 1.73 bits per heavy atom. The number of hydrogen-bond donors (Lipinski definition) is 1. The Balaban J connectivity index is 1.63. The fourth-order valence-corrected chi connectivity index (χ4v) is 3.25. The molecule has 7 heteroatoms. The summed E-state index contributed by atoms with van der Waals surface area (Å²) in [5.41, 5.74) is 2.88. The zero-order valence-electron chi connectivity index (χ0n) is 14.0. The third-order valence-electron chi connectivity index (χ3n) is 3.87. The molecule has 2 heterocycles. The molecule has 0 spiro atoms. The largest absolute Gasteiger partial charge is 0.295 e. The second-order valence-electron chi connectivity index (χ2n) is 5.64. The summed E-state index contributed by atoms with van der Waals surface area (Å²) in [5, 5.41) is 12.6. The van der Waals surface area contributed by atoms with Crippen LogP contribution in [0.15, 0.2) is 70.5 Å². The molecule has 128 valence electrons. The molecule has 0 amide bonds. The number of para-hydroxylation sites is 1. The topological polar surface area (TPSA) is 75.9 Å². The van der Waals surface area contributed by atoms with E-state index in [-0.39, 0.29) is 5.56 Å². The first-order valence-corrected chi connectivity index (χ1v) is 8.84. The SMILES string of the molecule is Cc1[nH]n(-c2ccccc2)c(=O)c1C=Nc1nnc(-c2ccccc2)s1. The van der Waals surface area contributed by atoms with Crippen LogP contribution in [0.5, 0.6) is 0 Å². The Labute approximate surface area is 153 Å². The van der Waals surface area contributed by atoms with Crippen LogP contribution in [-0.4, -0.2) is 26.2 Å². The average molecular weight is 361 g/mol. The van der Waals surface area contributed by atoms with Crippen LogP contribution in [0.4, 0.5) is 5.13 Å². The van der Waals surface area contributed by atoms with Crippen LogP contribution >= 0.6 is 11.3 Å².